The first-order valence-electron chi connectivity index (χ1n) is 5.32. The van der Waals surface area contributed by atoms with E-state index in [-0.39, 0.29) is 11.6 Å². The fourth-order valence-electron chi connectivity index (χ4n) is 1.96. The highest BCUT2D eigenvalue weighted by atomic mass is 32.2. The minimum absolute atomic E-state index is 0.00481. The molecular weight excluding hydrogens is 254 g/mol. The number of nitrogens with zero attached hydrogens (tertiary/aromatic N) is 1. The Bertz CT molecular complexity index is 597. The van der Waals surface area contributed by atoms with Crippen molar-refractivity contribution < 1.29 is 9.72 Å². The van der Waals surface area contributed by atoms with Gasteiger partial charge in [0.2, 0.25) is 0 Å². The van der Waals surface area contributed by atoms with E-state index in [1.165, 1.54) is 12.1 Å². The lowest BCUT2D eigenvalue weighted by molar-refractivity contribution is -0.384. The van der Waals surface area contributed by atoms with Gasteiger partial charge in [0.25, 0.3) is 11.6 Å². The molecule has 0 fully saturated rings. The quantitative estimate of drug-likeness (QED) is 0.597. The van der Waals surface area contributed by atoms with E-state index in [4.69, 9.17) is 0 Å². The monoisotopic (exact) mass is 263 g/mol. The van der Waals surface area contributed by atoms with Crippen molar-refractivity contribution >= 4 is 34.7 Å². The highest BCUT2D eigenvalue weighted by Gasteiger charge is 2.26. The Balaban J connectivity index is 2.06. The summed E-state index contributed by atoms with van der Waals surface area (Å²) in [7, 11) is 0. The number of benzene rings is 1. The summed E-state index contributed by atoms with van der Waals surface area (Å²) < 4.78 is 0. The van der Waals surface area contributed by atoms with Crippen LogP contribution in [0.2, 0.25) is 0 Å². The van der Waals surface area contributed by atoms with Crippen molar-refractivity contribution in [1.29, 1.82) is 0 Å². The summed E-state index contributed by atoms with van der Waals surface area (Å²) in [5.41, 5.74) is 2.72. The Morgan fingerprint density at radius 3 is 2.83 bits per heavy atom. The predicted octanol–water partition coefficient (Wildman–Crippen LogP) is 1.96. The number of amides is 1. The Morgan fingerprint density at radius 2 is 2.06 bits per heavy atom. The molecular formula is C11H9N3O3S. The van der Waals surface area contributed by atoms with Crippen molar-refractivity contribution in [2.24, 2.45) is 0 Å². The fourth-order valence-corrected chi connectivity index (χ4v) is 3.02. The lowest BCUT2D eigenvalue weighted by Crippen LogP contribution is -2.14. The average molecular weight is 263 g/mol. The molecule has 0 spiro atoms. The standard InChI is InChI=1S/C11H9N3O3S/c15-11-7-4-18-5-10(7)12-9-3-6(14(16)17)1-2-8(9)13-11/h1-3,12H,4-5H2,(H,13,15). The highest BCUT2D eigenvalue weighted by molar-refractivity contribution is 8.00. The van der Waals surface area contributed by atoms with Crippen LogP contribution in [0.3, 0.4) is 0 Å². The molecule has 2 aliphatic rings. The zero-order valence-electron chi connectivity index (χ0n) is 9.23. The molecule has 0 bridgehead atoms. The maximum Gasteiger partial charge on any atom is 0.271 e. The molecule has 0 radical (unpaired) electrons. The lowest BCUT2D eigenvalue weighted by Gasteiger charge is -2.09. The molecule has 1 aromatic rings. The van der Waals surface area contributed by atoms with E-state index >= 15 is 0 Å². The van der Waals surface area contributed by atoms with Crippen LogP contribution in [-0.4, -0.2) is 22.3 Å². The number of thioether (sulfide) groups is 1. The maximum atomic E-state index is 11.9. The topological polar surface area (TPSA) is 84.3 Å². The summed E-state index contributed by atoms with van der Waals surface area (Å²) in [5, 5.41) is 16.6. The zero-order valence-corrected chi connectivity index (χ0v) is 10.0. The van der Waals surface area contributed by atoms with Gasteiger partial charge in [0.1, 0.15) is 0 Å². The van der Waals surface area contributed by atoms with Gasteiger partial charge in [-0.1, -0.05) is 0 Å². The summed E-state index contributed by atoms with van der Waals surface area (Å²) in [5.74, 6) is 1.27. The molecule has 0 saturated carbocycles. The first-order valence-corrected chi connectivity index (χ1v) is 6.47. The number of carbonyl (C=O) groups excluding carboxylic acids is 1. The number of anilines is 2. The minimum Gasteiger partial charge on any atom is -0.356 e. The summed E-state index contributed by atoms with van der Waals surface area (Å²) in [6.07, 6.45) is 0. The fraction of sp³-hybridized carbons (Fsp3) is 0.182. The molecule has 2 N–H and O–H groups in total. The predicted molar refractivity (Wildman–Crippen MR) is 69.7 cm³/mol. The average Bonchev–Trinajstić information content (AvgIpc) is 2.74. The van der Waals surface area contributed by atoms with Crippen LogP contribution >= 0.6 is 11.8 Å². The number of rotatable bonds is 1. The van der Waals surface area contributed by atoms with Gasteiger partial charge >= 0.3 is 0 Å². The van der Waals surface area contributed by atoms with Gasteiger partial charge in [0.05, 0.1) is 16.3 Å². The molecule has 0 aromatic heterocycles. The number of hydrogen-bond donors (Lipinski definition) is 2. The Morgan fingerprint density at radius 1 is 1.22 bits per heavy atom. The molecule has 7 heteroatoms. The van der Waals surface area contributed by atoms with Crippen LogP contribution in [0.25, 0.3) is 0 Å². The van der Waals surface area contributed by atoms with Crippen LogP contribution in [0.15, 0.2) is 29.5 Å². The van der Waals surface area contributed by atoms with Gasteiger partial charge in [0, 0.05) is 34.9 Å². The Hall–Kier alpha value is -2.02. The van der Waals surface area contributed by atoms with Crippen molar-refractivity contribution in [3.63, 3.8) is 0 Å². The highest BCUT2D eigenvalue weighted by Crippen LogP contribution is 2.35. The molecule has 2 aliphatic heterocycles. The van der Waals surface area contributed by atoms with E-state index in [1.54, 1.807) is 17.8 Å². The van der Waals surface area contributed by atoms with Crippen LogP contribution in [0.5, 0.6) is 0 Å². The van der Waals surface area contributed by atoms with Gasteiger partial charge in [-0.15, -0.1) is 0 Å². The van der Waals surface area contributed by atoms with Crippen molar-refractivity contribution in [3.05, 3.63) is 39.6 Å². The number of hydrogen-bond acceptors (Lipinski definition) is 5. The molecule has 18 heavy (non-hydrogen) atoms. The molecule has 6 nitrogen and oxygen atoms in total. The third-order valence-electron chi connectivity index (χ3n) is 2.88. The van der Waals surface area contributed by atoms with Gasteiger partial charge in [-0.2, -0.15) is 11.8 Å². The summed E-state index contributed by atoms with van der Waals surface area (Å²) >= 11 is 1.65. The van der Waals surface area contributed by atoms with Gasteiger partial charge in [0.15, 0.2) is 0 Å². The maximum absolute atomic E-state index is 11.9. The van der Waals surface area contributed by atoms with Crippen LogP contribution in [0.1, 0.15) is 0 Å². The molecule has 2 heterocycles. The lowest BCUT2D eigenvalue weighted by atomic mass is 10.2. The first kappa shape index (κ1) is 11.1. The molecule has 0 saturated heterocycles. The van der Waals surface area contributed by atoms with E-state index in [2.05, 4.69) is 10.6 Å². The second-order valence-electron chi connectivity index (χ2n) is 4.02. The largest absolute Gasteiger partial charge is 0.356 e. The normalized spacial score (nSPS) is 17.4. The van der Waals surface area contributed by atoms with Crippen molar-refractivity contribution in [2.75, 3.05) is 22.1 Å². The number of carbonyl (C=O) groups is 1. The van der Waals surface area contributed by atoms with Crippen LogP contribution in [0.4, 0.5) is 17.1 Å². The summed E-state index contributed by atoms with van der Waals surface area (Å²) in [6.45, 7) is 0. The van der Waals surface area contributed by atoms with E-state index in [0.717, 1.165) is 17.0 Å². The van der Waals surface area contributed by atoms with E-state index in [9.17, 15) is 14.9 Å². The molecule has 0 aliphatic carbocycles. The minimum atomic E-state index is -0.451. The molecule has 1 aromatic carbocycles. The van der Waals surface area contributed by atoms with Gasteiger partial charge < -0.3 is 10.6 Å². The molecule has 0 atom stereocenters. The van der Waals surface area contributed by atoms with Gasteiger partial charge in [-0.3, -0.25) is 14.9 Å². The number of nitrogens with one attached hydrogen (secondary N) is 2. The van der Waals surface area contributed by atoms with E-state index in [1.807, 2.05) is 0 Å². The second-order valence-corrected chi connectivity index (χ2v) is 5.00. The van der Waals surface area contributed by atoms with Crippen LogP contribution in [0, 0.1) is 10.1 Å². The Labute approximate surface area is 107 Å². The summed E-state index contributed by atoms with van der Waals surface area (Å²) in [4.78, 5) is 22.2. The van der Waals surface area contributed by atoms with Crippen LogP contribution < -0.4 is 10.6 Å². The number of non-ortho nitro benzene ring substituents is 1. The SMILES string of the molecule is O=C1Nc2ccc([N+](=O)[O-])cc2NC2=C1CSC2. The number of nitro benzene ring substituents is 1. The van der Waals surface area contributed by atoms with Gasteiger partial charge in [-0.25, -0.2) is 0 Å². The van der Waals surface area contributed by atoms with Gasteiger partial charge in [-0.05, 0) is 6.07 Å². The molecule has 0 unspecified atom stereocenters. The zero-order chi connectivity index (χ0) is 12.7. The third-order valence-corrected chi connectivity index (χ3v) is 3.86. The molecule has 92 valence electrons. The number of nitro groups is 1. The molecule has 1 amide bonds. The smallest absolute Gasteiger partial charge is 0.271 e. The Kier molecular flexibility index (Phi) is 2.48. The third kappa shape index (κ3) is 1.72. The van der Waals surface area contributed by atoms with Crippen molar-refractivity contribution in [1.82, 2.24) is 0 Å². The van der Waals surface area contributed by atoms with Crippen molar-refractivity contribution in [2.45, 2.75) is 0 Å². The van der Waals surface area contributed by atoms with E-state index < -0.39 is 4.92 Å². The van der Waals surface area contributed by atoms with E-state index in [0.29, 0.717) is 17.1 Å². The first-order chi connectivity index (χ1) is 8.65. The summed E-state index contributed by atoms with van der Waals surface area (Å²) in [6, 6.07) is 4.37. The second kappa shape index (κ2) is 4.02. The van der Waals surface area contributed by atoms with Crippen LogP contribution in [-0.2, 0) is 4.79 Å². The number of fused-ring (bicyclic) bond motifs is 1. The molecule has 3 rings (SSSR count). The van der Waals surface area contributed by atoms with Crippen molar-refractivity contribution in [3.8, 4) is 0 Å².